The Bertz CT molecular complexity index is 218. The van der Waals surface area contributed by atoms with Gasteiger partial charge in [0.05, 0.1) is 0 Å². The summed E-state index contributed by atoms with van der Waals surface area (Å²) in [5.74, 6) is 0.859. The Morgan fingerprint density at radius 2 is 2.33 bits per heavy atom. The number of carbonyl (C=O) groups is 1. The molecule has 3 unspecified atom stereocenters. The van der Waals surface area contributed by atoms with Gasteiger partial charge in [-0.2, -0.15) is 0 Å². The van der Waals surface area contributed by atoms with Crippen molar-refractivity contribution in [1.29, 1.82) is 0 Å². The van der Waals surface area contributed by atoms with Crippen LogP contribution in [0.5, 0.6) is 0 Å². The fourth-order valence-corrected chi connectivity index (χ4v) is 2.61. The zero-order valence-electron chi connectivity index (χ0n) is 6.82. The Hall–Kier alpha value is -0.770. The molecule has 2 saturated carbocycles. The minimum absolute atomic E-state index is 0.263. The molecule has 0 aliphatic heterocycles. The summed E-state index contributed by atoms with van der Waals surface area (Å²) in [5.41, 5.74) is 4.98. The van der Waals surface area contributed by atoms with Crippen molar-refractivity contribution in [2.75, 3.05) is 0 Å². The average molecular weight is 171 g/mol. The third-order valence-electron chi connectivity index (χ3n) is 3.12. The predicted octanol–water partition coefficient (Wildman–Crippen LogP) is 1.16. The molecule has 0 radical (unpaired) electrons. The molecule has 3 N–H and O–H groups in total. The van der Waals surface area contributed by atoms with E-state index in [1.54, 1.807) is 0 Å². The maximum Gasteiger partial charge on any atom is 0.507 e. The first kappa shape index (κ1) is 7.86. The van der Waals surface area contributed by atoms with Gasteiger partial charge in [0.2, 0.25) is 0 Å². The summed E-state index contributed by atoms with van der Waals surface area (Å²) in [6.45, 7) is 0. The molecule has 0 aromatic rings. The number of nitrogens with two attached hydrogens (primary N) is 1. The van der Waals surface area contributed by atoms with Crippen LogP contribution in [0.2, 0.25) is 0 Å². The summed E-state index contributed by atoms with van der Waals surface area (Å²) < 4.78 is 4.73. The summed E-state index contributed by atoms with van der Waals surface area (Å²) in [4.78, 5) is 10.3. The largest absolute Gasteiger partial charge is 0.507 e. The molecule has 0 spiro atoms. The van der Waals surface area contributed by atoms with Gasteiger partial charge in [-0.3, -0.25) is 5.73 Å². The van der Waals surface area contributed by atoms with Gasteiger partial charge >= 0.3 is 6.16 Å². The number of hydrogen-bond donors (Lipinski definition) is 2. The zero-order valence-corrected chi connectivity index (χ0v) is 6.82. The quantitative estimate of drug-likeness (QED) is 0.458. The molecule has 4 nitrogen and oxygen atoms in total. The molecule has 12 heavy (non-hydrogen) atoms. The molecule has 0 saturated heterocycles. The van der Waals surface area contributed by atoms with E-state index < -0.39 is 11.9 Å². The van der Waals surface area contributed by atoms with E-state index in [2.05, 4.69) is 0 Å². The van der Waals surface area contributed by atoms with Crippen LogP contribution >= 0.6 is 0 Å². The van der Waals surface area contributed by atoms with Crippen molar-refractivity contribution in [3.05, 3.63) is 0 Å². The molecule has 2 rings (SSSR count). The minimum Gasteiger partial charge on any atom is -0.450 e. The van der Waals surface area contributed by atoms with Gasteiger partial charge in [0.1, 0.15) is 0 Å². The van der Waals surface area contributed by atoms with E-state index in [0.717, 1.165) is 12.8 Å². The Kier molecular flexibility index (Phi) is 1.54. The number of carboxylic acid groups (broad SMARTS) is 1. The van der Waals surface area contributed by atoms with Gasteiger partial charge in [-0.25, -0.2) is 4.79 Å². The van der Waals surface area contributed by atoms with E-state index in [1.807, 2.05) is 0 Å². The Labute approximate surface area is 70.7 Å². The lowest BCUT2D eigenvalue weighted by Crippen LogP contribution is -2.48. The zero-order chi connectivity index (χ0) is 8.77. The number of rotatable bonds is 1. The van der Waals surface area contributed by atoms with E-state index in [4.69, 9.17) is 15.6 Å². The smallest absolute Gasteiger partial charge is 0.450 e. The molecular weight excluding hydrogens is 158 g/mol. The fourth-order valence-electron chi connectivity index (χ4n) is 2.61. The van der Waals surface area contributed by atoms with Crippen LogP contribution in [0.1, 0.15) is 25.7 Å². The first-order valence-electron chi connectivity index (χ1n) is 4.31. The Balaban J connectivity index is 2.07. The second kappa shape index (κ2) is 2.36. The molecule has 0 aromatic carbocycles. The van der Waals surface area contributed by atoms with Crippen LogP contribution in [0.25, 0.3) is 0 Å². The van der Waals surface area contributed by atoms with Gasteiger partial charge in [0.25, 0.3) is 0 Å². The molecule has 2 fully saturated rings. The predicted molar refractivity (Wildman–Crippen MR) is 41.5 cm³/mol. The van der Waals surface area contributed by atoms with Gasteiger partial charge < -0.3 is 9.84 Å². The van der Waals surface area contributed by atoms with E-state index in [9.17, 15) is 4.79 Å². The number of fused-ring (bicyclic) bond motifs is 2. The fraction of sp³-hybridized carbons (Fsp3) is 0.875. The SMILES string of the molecule is NC1(OC(=O)O)CC2CCC1C2. The van der Waals surface area contributed by atoms with E-state index in [-0.39, 0.29) is 5.92 Å². The molecule has 3 atom stereocenters. The third kappa shape index (κ3) is 1.06. The van der Waals surface area contributed by atoms with Crippen molar-refractivity contribution >= 4 is 6.16 Å². The topological polar surface area (TPSA) is 72.5 Å². The minimum atomic E-state index is -1.25. The summed E-state index contributed by atoms with van der Waals surface area (Å²) in [6.07, 6.45) is 2.72. The van der Waals surface area contributed by atoms with Gasteiger partial charge in [-0.15, -0.1) is 0 Å². The molecule has 2 aliphatic rings. The Morgan fingerprint density at radius 3 is 2.75 bits per heavy atom. The highest BCUT2D eigenvalue weighted by Gasteiger charge is 2.51. The molecule has 0 aromatic heterocycles. The Morgan fingerprint density at radius 1 is 1.58 bits per heavy atom. The molecule has 0 heterocycles. The monoisotopic (exact) mass is 171 g/mol. The van der Waals surface area contributed by atoms with Crippen LogP contribution in [-0.2, 0) is 4.74 Å². The van der Waals surface area contributed by atoms with Crippen LogP contribution in [0.4, 0.5) is 4.79 Å². The molecular formula is C8H13NO3. The second-order valence-corrected chi connectivity index (χ2v) is 3.90. The van der Waals surface area contributed by atoms with Crippen LogP contribution in [-0.4, -0.2) is 17.0 Å². The standard InChI is InChI=1S/C8H13NO3/c9-8(12-7(10)11)4-5-1-2-6(8)3-5/h5-6H,1-4,9H2,(H,10,11). The average Bonchev–Trinajstić information content (AvgIpc) is 2.42. The maximum absolute atomic E-state index is 10.3. The summed E-state index contributed by atoms with van der Waals surface area (Å²) >= 11 is 0. The lowest BCUT2D eigenvalue weighted by atomic mass is 9.92. The second-order valence-electron chi connectivity index (χ2n) is 3.90. The van der Waals surface area contributed by atoms with Crippen LogP contribution in [0, 0.1) is 11.8 Å². The van der Waals surface area contributed by atoms with Crippen molar-refractivity contribution in [2.45, 2.75) is 31.4 Å². The van der Waals surface area contributed by atoms with Crippen molar-refractivity contribution in [1.82, 2.24) is 0 Å². The van der Waals surface area contributed by atoms with Crippen molar-refractivity contribution in [3.63, 3.8) is 0 Å². The van der Waals surface area contributed by atoms with Crippen molar-refractivity contribution in [2.24, 2.45) is 17.6 Å². The highest BCUT2D eigenvalue weighted by atomic mass is 16.7. The highest BCUT2D eigenvalue weighted by Crippen LogP contribution is 2.49. The van der Waals surface area contributed by atoms with Gasteiger partial charge in [0, 0.05) is 12.3 Å². The number of ether oxygens (including phenoxy) is 1. The maximum atomic E-state index is 10.3. The third-order valence-corrected chi connectivity index (χ3v) is 3.12. The molecule has 68 valence electrons. The van der Waals surface area contributed by atoms with Crippen molar-refractivity contribution in [3.8, 4) is 0 Å². The van der Waals surface area contributed by atoms with Crippen molar-refractivity contribution < 1.29 is 14.6 Å². The van der Waals surface area contributed by atoms with E-state index in [1.165, 1.54) is 6.42 Å². The first-order chi connectivity index (χ1) is 5.60. The lowest BCUT2D eigenvalue weighted by molar-refractivity contribution is -0.0493. The first-order valence-corrected chi connectivity index (χ1v) is 4.31. The molecule has 2 bridgehead atoms. The van der Waals surface area contributed by atoms with E-state index in [0.29, 0.717) is 12.3 Å². The molecule has 4 heteroatoms. The normalized spacial score (nSPS) is 44.8. The van der Waals surface area contributed by atoms with Gasteiger partial charge in [0.15, 0.2) is 5.72 Å². The molecule has 2 aliphatic carbocycles. The lowest BCUT2D eigenvalue weighted by Gasteiger charge is -2.31. The van der Waals surface area contributed by atoms with Crippen LogP contribution < -0.4 is 5.73 Å². The number of hydrogen-bond acceptors (Lipinski definition) is 3. The summed E-state index contributed by atoms with van der Waals surface area (Å²) in [7, 11) is 0. The van der Waals surface area contributed by atoms with Crippen LogP contribution in [0.15, 0.2) is 0 Å². The molecule has 0 amide bonds. The summed E-state index contributed by atoms with van der Waals surface area (Å²) in [6, 6.07) is 0. The van der Waals surface area contributed by atoms with Gasteiger partial charge in [-0.1, -0.05) is 0 Å². The van der Waals surface area contributed by atoms with Crippen LogP contribution in [0.3, 0.4) is 0 Å². The highest BCUT2D eigenvalue weighted by molar-refractivity contribution is 5.57. The van der Waals surface area contributed by atoms with Gasteiger partial charge in [-0.05, 0) is 25.2 Å². The van der Waals surface area contributed by atoms with E-state index >= 15 is 0 Å². The summed E-state index contributed by atoms with van der Waals surface area (Å²) in [5, 5.41) is 8.47.